The van der Waals surface area contributed by atoms with Crippen LogP contribution < -0.4 is 5.32 Å². The minimum atomic E-state index is -0.504. The van der Waals surface area contributed by atoms with E-state index < -0.39 is 17.3 Å². The van der Waals surface area contributed by atoms with Gasteiger partial charge in [-0.2, -0.15) is 0 Å². The van der Waals surface area contributed by atoms with Crippen LogP contribution in [0.3, 0.4) is 0 Å². The van der Waals surface area contributed by atoms with Crippen LogP contribution in [0.1, 0.15) is 40.2 Å². The molecule has 0 aliphatic carbocycles. The molecule has 2 atom stereocenters. The molecule has 1 aliphatic rings. The molecule has 4 heteroatoms. The van der Waals surface area contributed by atoms with E-state index in [0.29, 0.717) is 6.61 Å². The number of carbonyl (C=O) groups is 1. The number of hydrogen-bond donors (Lipinski definition) is 1. The molecule has 21 heavy (non-hydrogen) atoms. The zero-order chi connectivity index (χ0) is 15.7. The van der Waals surface area contributed by atoms with Gasteiger partial charge in [-0.25, -0.2) is 4.79 Å². The van der Waals surface area contributed by atoms with Gasteiger partial charge in [-0.3, -0.25) is 0 Å². The number of ether oxygens (including phenoxy) is 2. The van der Waals surface area contributed by atoms with Crippen molar-refractivity contribution < 1.29 is 14.3 Å². The summed E-state index contributed by atoms with van der Waals surface area (Å²) in [6.45, 7) is 10.4. The Morgan fingerprint density at radius 1 is 1.29 bits per heavy atom. The van der Waals surface area contributed by atoms with E-state index in [9.17, 15) is 4.79 Å². The first-order chi connectivity index (χ1) is 9.74. The van der Waals surface area contributed by atoms with Gasteiger partial charge in [0.15, 0.2) is 0 Å². The molecule has 1 fully saturated rings. The SMILES string of the molecule is CC(C)[C@H](NC(=O)OC(C)(C)C)[C@@]1(c2ccccc2)CO1. The van der Waals surface area contributed by atoms with Gasteiger partial charge >= 0.3 is 6.09 Å². The predicted molar refractivity (Wildman–Crippen MR) is 82.1 cm³/mol. The lowest BCUT2D eigenvalue weighted by Gasteiger charge is -2.30. The number of benzene rings is 1. The quantitative estimate of drug-likeness (QED) is 0.864. The monoisotopic (exact) mass is 291 g/mol. The van der Waals surface area contributed by atoms with Crippen molar-refractivity contribution in [2.45, 2.75) is 51.9 Å². The molecule has 1 aliphatic heterocycles. The van der Waals surface area contributed by atoms with Gasteiger partial charge in [-0.1, -0.05) is 44.2 Å². The fraction of sp³-hybridized carbons (Fsp3) is 0.588. The van der Waals surface area contributed by atoms with Crippen molar-refractivity contribution in [2.24, 2.45) is 5.92 Å². The summed E-state index contributed by atoms with van der Waals surface area (Å²) in [7, 11) is 0. The van der Waals surface area contributed by atoms with Crippen molar-refractivity contribution >= 4 is 6.09 Å². The van der Waals surface area contributed by atoms with Gasteiger partial charge in [0.1, 0.15) is 11.2 Å². The van der Waals surface area contributed by atoms with Gasteiger partial charge in [0.2, 0.25) is 0 Å². The molecule has 116 valence electrons. The van der Waals surface area contributed by atoms with Crippen molar-refractivity contribution in [1.82, 2.24) is 5.32 Å². The van der Waals surface area contributed by atoms with E-state index in [1.807, 2.05) is 51.1 Å². The van der Waals surface area contributed by atoms with Crippen LogP contribution in [0.5, 0.6) is 0 Å². The standard InChI is InChI=1S/C17H25NO3/c1-12(2)14(18-15(19)21-16(3,4)5)17(11-20-17)13-9-7-6-8-10-13/h6-10,12,14H,11H2,1-5H3,(H,18,19)/t14-,17-/m0/s1. The number of rotatable bonds is 4. The topological polar surface area (TPSA) is 50.9 Å². The lowest BCUT2D eigenvalue weighted by atomic mass is 9.85. The number of nitrogens with one attached hydrogen (secondary N) is 1. The third kappa shape index (κ3) is 3.76. The summed E-state index contributed by atoms with van der Waals surface area (Å²) in [6.07, 6.45) is -0.396. The Hall–Kier alpha value is -1.55. The second-order valence-corrected chi connectivity index (χ2v) is 6.91. The Kier molecular flexibility index (Phi) is 4.28. The Balaban J connectivity index is 2.15. The predicted octanol–water partition coefficient (Wildman–Crippen LogP) is 3.46. The molecule has 0 aromatic heterocycles. The van der Waals surface area contributed by atoms with Crippen molar-refractivity contribution in [1.29, 1.82) is 0 Å². The van der Waals surface area contributed by atoms with Crippen molar-refractivity contribution in [3.63, 3.8) is 0 Å². The van der Waals surface area contributed by atoms with Gasteiger partial charge in [0.25, 0.3) is 0 Å². The molecule has 1 saturated heterocycles. The van der Waals surface area contributed by atoms with Crippen LogP contribution in [-0.2, 0) is 15.1 Å². The van der Waals surface area contributed by atoms with Gasteiger partial charge in [0, 0.05) is 0 Å². The van der Waals surface area contributed by atoms with E-state index in [0.717, 1.165) is 5.56 Å². The van der Waals surface area contributed by atoms with Crippen LogP contribution in [-0.4, -0.2) is 24.3 Å². The minimum absolute atomic E-state index is 0.116. The third-order valence-corrected chi connectivity index (χ3v) is 3.56. The van der Waals surface area contributed by atoms with Crippen LogP contribution in [0.2, 0.25) is 0 Å². The lowest BCUT2D eigenvalue weighted by Crippen LogP contribution is -2.49. The average molecular weight is 291 g/mol. The van der Waals surface area contributed by atoms with Crippen molar-refractivity contribution in [3.8, 4) is 0 Å². The molecule has 0 bridgehead atoms. The fourth-order valence-corrected chi connectivity index (χ4v) is 2.58. The van der Waals surface area contributed by atoms with Crippen LogP contribution in [0.25, 0.3) is 0 Å². The van der Waals surface area contributed by atoms with E-state index >= 15 is 0 Å². The van der Waals surface area contributed by atoms with E-state index in [-0.39, 0.29) is 12.0 Å². The van der Waals surface area contributed by atoms with Gasteiger partial charge in [0.05, 0.1) is 12.6 Å². The molecule has 4 nitrogen and oxygen atoms in total. The molecule has 1 amide bonds. The highest BCUT2D eigenvalue weighted by atomic mass is 16.6. The Morgan fingerprint density at radius 3 is 2.29 bits per heavy atom. The molecule has 1 N–H and O–H groups in total. The first kappa shape index (κ1) is 15.8. The zero-order valence-corrected chi connectivity index (χ0v) is 13.5. The largest absolute Gasteiger partial charge is 0.444 e. The van der Waals surface area contributed by atoms with E-state index in [1.54, 1.807) is 0 Å². The molecule has 0 spiro atoms. The Bertz CT molecular complexity index is 487. The summed E-state index contributed by atoms with van der Waals surface area (Å²) in [5.74, 6) is 0.236. The minimum Gasteiger partial charge on any atom is -0.444 e. The average Bonchev–Trinajstić information content (AvgIpc) is 3.16. The molecule has 0 saturated carbocycles. The molecular formula is C17H25NO3. The molecule has 0 unspecified atom stereocenters. The maximum atomic E-state index is 12.1. The molecule has 1 aromatic rings. The zero-order valence-electron chi connectivity index (χ0n) is 13.5. The summed E-state index contributed by atoms with van der Waals surface area (Å²) in [5, 5.41) is 2.99. The highest BCUT2D eigenvalue weighted by Crippen LogP contribution is 2.44. The van der Waals surface area contributed by atoms with Crippen molar-refractivity contribution in [2.75, 3.05) is 6.61 Å². The molecule has 0 radical (unpaired) electrons. The molecule has 2 rings (SSSR count). The summed E-state index contributed by atoms with van der Waals surface area (Å²) in [6, 6.07) is 9.92. The van der Waals surface area contributed by atoms with Crippen LogP contribution >= 0.6 is 0 Å². The summed E-state index contributed by atoms with van der Waals surface area (Å²) in [5.41, 5.74) is 0.169. The van der Waals surface area contributed by atoms with E-state index in [4.69, 9.17) is 9.47 Å². The fourth-order valence-electron chi connectivity index (χ4n) is 2.58. The maximum absolute atomic E-state index is 12.1. The first-order valence-corrected chi connectivity index (χ1v) is 7.43. The normalized spacial score (nSPS) is 22.8. The highest BCUT2D eigenvalue weighted by Gasteiger charge is 2.54. The van der Waals surface area contributed by atoms with Crippen LogP contribution in [0.4, 0.5) is 4.79 Å². The molecule has 1 aromatic carbocycles. The second kappa shape index (κ2) is 5.68. The second-order valence-electron chi connectivity index (χ2n) is 6.91. The van der Waals surface area contributed by atoms with E-state index in [1.165, 1.54) is 0 Å². The summed E-state index contributed by atoms with van der Waals surface area (Å²) >= 11 is 0. The number of epoxide rings is 1. The third-order valence-electron chi connectivity index (χ3n) is 3.56. The lowest BCUT2D eigenvalue weighted by molar-refractivity contribution is 0.0445. The van der Waals surface area contributed by atoms with Crippen LogP contribution in [0.15, 0.2) is 30.3 Å². The molecular weight excluding hydrogens is 266 g/mol. The Morgan fingerprint density at radius 2 is 1.86 bits per heavy atom. The highest BCUT2D eigenvalue weighted by molar-refractivity contribution is 5.68. The summed E-state index contributed by atoms with van der Waals surface area (Å²) < 4.78 is 11.1. The van der Waals surface area contributed by atoms with Crippen LogP contribution in [0, 0.1) is 5.92 Å². The summed E-state index contributed by atoms with van der Waals surface area (Å²) in [4.78, 5) is 12.1. The van der Waals surface area contributed by atoms with E-state index in [2.05, 4.69) is 19.2 Å². The van der Waals surface area contributed by atoms with Gasteiger partial charge in [-0.05, 0) is 32.3 Å². The van der Waals surface area contributed by atoms with Gasteiger partial charge < -0.3 is 14.8 Å². The molecule has 1 heterocycles. The van der Waals surface area contributed by atoms with Gasteiger partial charge in [-0.15, -0.1) is 0 Å². The number of alkyl carbamates (subject to hydrolysis) is 1. The first-order valence-electron chi connectivity index (χ1n) is 7.43. The number of carbonyl (C=O) groups excluding carboxylic acids is 1. The number of amides is 1. The Labute approximate surface area is 126 Å². The van der Waals surface area contributed by atoms with Crippen molar-refractivity contribution in [3.05, 3.63) is 35.9 Å². The smallest absolute Gasteiger partial charge is 0.407 e. The number of hydrogen-bond acceptors (Lipinski definition) is 3. The maximum Gasteiger partial charge on any atom is 0.407 e.